The minimum atomic E-state index is -0.785. The quantitative estimate of drug-likeness (QED) is 0.221. The van der Waals surface area contributed by atoms with Gasteiger partial charge >= 0.3 is 0 Å². The highest BCUT2D eigenvalue weighted by Crippen LogP contribution is 2.32. The molecule has 1 amide bonds. The highest BCUT2D eigenvalue weighted by molar-refractivity contribution is 5.78. The Morgan fingerprint density at radius 3 is 2.34 bits per heavy atom. The molecule has 4 N–H and O–H groups in total. The van der Waals surface area contributed by atoms with Crippen molar-refractivity contribution >= 4 is 5.91 Å². The number of hydrogen-bond acceptors (Lipinski definition) is 8. The number of methoxy groups -OCH3 is 2. The summed E-state index contributed by atoms with van der Waals surface area (Å²) >= 11 is 0. The summed E-state index contributed by atoms with van der Waals surface area (Å²) in [6.45, 7) is 14.9. The third kappa shape index (κ3) is 12.1. The number of nitrogens with one attached hydrogen (secondary N) is 1. The van der Waals surface area contributed by atoms with Gasteiger partial charge in [-0.1, -0.05) is 33.8 Å². The molecule has 236 valence electrons. The van der Waals surface area contributed by atoms with Crippen LogP contribution in [0.3, 0.4) is 0 Å². The Bertz CT molecular complexity index is 898. The Labute approximate surface area is 247 Å². The van der Waals surface area contributed by atoms with Crippen LogP contribution in [-0.4, -0.2) is 76.1 Å². The first kappa shape index (κ1) is 35.3. The Morgan fingerprint density at radius 2 is 1.76 bits per heavy atom. The monoisotopic (exact) mass is 580 g/mol. The van der Waals surface area contributed by atoms with Crippen molar-refractivity contribution in [2.45, 2.75) is 85.2 Å². The molecule has 1 aromatic rings. The van der Waals surface area contributed by atoms with Crippen molar-refractivity contribution in [2.75, 3.05) is 47.2 Å². The van der Waals surface area contributed by atoms with Crippen LogP contribution in [0.15, 0.2) is 18.2 Å². The van der Waals surface area contributed by atoms with Crippen molar-refractivity contribution in [1.82, 2.24) is 5.32 Å². The summed E-state index contributed by atoms with van der Waals surface area (Å²) in [6.07, 6.45) is 1.78. The molecule has 1 aromatic carbocycles. The summed E-state index contributed by atoms with van der Waals surface area (Å²) in [6, 6.07) is 5.58. The standard InChI is InChI=1S/C32H56N2O7/c1-21(2)25(14-23-10-11-29(38-8)30(15-23)39-13-9-12-37-7)16-27(33)28(35)17-26(22(3)4)31(36)34-18-24-19-40-32(5,6)41-20-24/h10-11,15,21-22,24-28,35H,9,12-14,16-20,33H2,1-8H3,(H,34,36)/t25-,26-,27-,28-/m0/s1. The molecule has 0 radical (unpaired) electrons. The molecule has 9 nitrogen and oxygen atoms in total. The molecule has 0 spiro atoms. The Balaban J connectivity index is 1.96. The highest BCUT2D eigenvalue weighted by Gasteiger charge is 2.32. The third-order valence-corrected chi connectivity index (χ3v) is 8.02. The summed E-state index contributed by atoms with van der Waals surface area (Å²) in [5, 5.41) is 14.2. The largest absolute Gasteiger partial charge is 0.493 e. The lowest BCUT2D eigenvalue weighted by atomic mass is 9.80. The first-order valence-corrected chi connectivity index (χ1v) is 15.1. The molecule has 1 fully saturated rings. The van der Waals surface area contributed by atoms with E-state index in [-0.39, 0.29) is 29.6 Å². The number of benzene rings is 1. The smallest absolute Gasteiger partial charge is 0.223 e. The first-order valence-electron chi connectivity index (χ1n) is 15.1. The van der Waals surface area contributed by atoms with Crippen LogP contribution in [0.5, 0.6) is 11.5 Å². The van der Waals surface area contributed by atoms with E-state index in [4.69, 9.17) is 29.4 Å². The maximum Gasteiger partial charge on any atom is 0.223 e. The Hall–Kier alpha value is -1.91. The number of rotatable bonds is 18. The molecule has 41 heavy (non-hydrogen) atoms. The summed E-state index contributed by atoms with van der Waals surface area (Å²) in [5.74, 6) is 1.21. The molecule has 9 heteroatoms. The Kier molecular flexibility index (Phi) is 14.9. The average Bonchev–Trinajstić information content (AvgIpc) is 2.92. The molecule has 1 heterocycles. The number of aliphatic hydroxyl groups excluding tert-OH is 1. The van der Waals surface area contributed by atoms with E-state index < -0.39 is 17.9 Å². The van der Waals surface area contributed by atoms with Gasteiger partial charge in [-0.05, 0) is 68.6 Å². The molecular formula is C32H56N2O7. The SMILES string of the molecule is COCCCOc1cc(C[C@@H](C[C@H](N)[C@@H](O)C[C@H](C(=O)NCC2COC(C)(C)OC2)C(C)C)C(C)C)ccc1OC. The summed E-state index contributed by atoms with van der Waals surface area (Å²) in [5.41, 5.74) is 7.70. The van der Waals surface area contributed by atoms with Crippen molar-refractivity contribution in [1.29, 1.82) is 0 Å². The summed E-state index contributed by atoms with van der Waals surface area (Å²) < 4.78 is 28.0. The molecule has 0 aromatic heterocycles. The van der Waals surface area contributed by atoms with Gasteiger partial charge in [-0.25, -0.2) is 0 Å². The fourth-order valence-corrected chi connectivity index (χ4v) is 5.08. The van der Waals surface area contributed by atoms with Gasteiger partial charge in [-0.3, -0.25) is 4.79 Å². The topological polar surface area (TPSA) is 122 Å². The predicted octanol–water partition coefficient (Wildman–Crippen LogP) is 4.18. The third-order valence-electron chi connectivity index (χ3n) is 8.02. The minimum Gasteiger partial charge on any atom is -0.493 e. The number of carbonyl (C=O) groups excluding carboxylic acids is 1. The van der Waals surface area contributed by atoms with Crippen LogP contribution >= 0.6 is 0 Å². The summed E-state index contributed by atoms with van der Waals surface area (Å²) in [7, 11) is 3.31. The number of nitrogens with two attached hydrogens (primary N) is 1. The van der Waals surface area contributed by atoms with Crippen LogP contribution in [0, 0.1) is 29.6 Å². The van der Waals surface area contributed by atoms with Crippen molar-refractivity contribution in [3.8, 4) is 11.5 Å². The van der Waals surface area contributed by atoms with Crippen molar-refractivity contribution in [2.24, 2.45) is 35.3 Å². The predicted molar refractivity (Wildman–Crippen MR) is 161 cm³/mol. The summed E-state index contributed by atoms with van der Waals surface area (Å²) in [4.78, 5) is 13.1. The van der Waals surface area contributed by atoms with E-state index in [1.807, 2.05) is 39.8 Å². The van der Waals surface area contributed by atoms with E-state index in [1.54, 1.807) is 14.2 Å². The molecule has 1 aliphatic rings. The second-order valence-corrected chi connectivity index (χ2v) is 12.6. The molecule has 0 unspecified atom stereocenters. The molecule has 0 bridgehead atoms. The van der Waals surface area contributed by atoms with Gasteiger partial charge in [0.15, 0.2) is 17.3 Å². The highest BCUT2D eigenvalue weighted by atomic mass is 16.7. The van der Waals surface area contributed by atoms with E-state index >= 15 is 0 Å². The van der Waals surface area contributed by atoms with E-state index in [0.29, 0.717) is 63.2 Å². The fourth-order valence-electron chi connectivity index (χ4n) is 5.08. The zero-order chi connectivity index (χ0) is 30.6. The first-order chi connectivity index (χ1) is 19.4. The lowest BCUT2D eigenvalue weighted by Gasteiger charge is -2.35. The number of aliphatic hydroxyl groups is 1. The molecule has 0 aliphatic carbocycles. The minimum absolute atomic E-state index is 0.0623. The second-order valence-electron chi connectivity index (χ2n) is 12.6. The van der Waals surface area contributed by atoms with Crippen LogP contribution in [0.1, 0.15) is 66.4 Å². The average molecular weight is 581 g/mol. The Morgan fingerprint density at radius 1 is 1.07 bits per heavy atom. The molecule has 1 aliphatic heterocycles. The number of amides is 1. The number of ether oxygens (including phenoxy) is 5. The van der Waals surface area contributed by atoms with E-state index in [2.05, 4.69) is 25.2 Å². The van der Waals surface area contributed by atoms with Crippen LogP contribution < -0.4 is 20.5 Å². The van der Waals surface area contributed by atoms with E-state index in [1.165, 1.54) is 0 Å². The number of carbonyl (C=O) groups is 1. The molecule has 0 saturated carbocycles. The van der Waals surface area contributed by atoms with Crippen LogP contribution in [0.25, 0.3) is 0 Å². The van der Waals surface area contributed by atoms with Gasteiger partial charge in [0.2, 0.25) is 5.91 Å². The van der Waals surface area contributed by atoms with Gasteiger partial charge in [0.25, 0.3) is 0 Å². The molecule has 1 saturated heterocycles. The van der Waals surface area contributed by atoms with E-state index in [9.17, 15) is 9.90 Å². The molecule has 4 atom stereocenters. The maximum atomic E-state index is 13.1. The van der Waals surface area contributed by atoms with Gasteiger partial charge in [0.05, 0.1) is 33.0 Å². The zero-order valence-electron chi connectivity index (χ0n) is 26.6. The number of hydrogen-bond donors (Lipinski definition) is 3. The van der Waals surface area contributed by atoms with Crippen LogP contribution in [-0.2, 0) is 25.4 Å². The molecular weight excluding hydrogens is 524 g/mol. The van der Waals surface area contributed by atoms with Crippen LogP contribution in [0.4, 0.5) is 0 Å². The van der Waals surface area contributed by atoms with Crippen LogP contribution in [0.2, 0.25) is 0 Å². The van der Waals surface area contributed by atoms with Gasteiger partial charge in [0.1, 0.15) is 0 Å². The lowest BCUT2D eigenvalue weighted by Crippen LogP contribution is -2.46. The lowest BCUT2D eigenvalue weighted by molar-refractivity contribution is -0.261. The van der Waals surface area contributed by atoms with Gasteiger partial charge in [-0.2, -0.15) is 0 Å². The zero-order valence-corrected chi connectivity index (χ0v) is 26.6. The van der Waals surface area contributed by atoms with Crippen molar-refractivity contribution in [3.05, 3.63) is 23.8 Å². The fraction of sp³-hybridized carbons (Fsp3) is 0.781. The normalized spacial score (nSPS) is 18.6. The second kappa shape index (κ2) is 17.3. The van der Waals surface area contributed by atoms with E-state index in [0.717, 1.165) is 18.4 Å². The van der Waals surface area contributed by atoms with Crippen molar-refractivity contribution in [3.63, 3.8) is 0 Å². The van der Waals surface area contributed by atoms with Gasteiger partial charge in [0, 0.05) is 44.6 Å². The van der Waals surface area contributed by atoms with Gasteiger partial charge < -0.3 is 39.8 Å². The molecule has 2 rings (SSSR count). The van der Waals surface area contributed by atoms with Crippen molar-refractivity contribution < 1.29 is 33.6 Å². The maximum absolute atomic E-state index is 13.1. The van der Waals surface area contributed by atoms with Gasteiger partial charge in [-0.15, -0.1) is 0 Å².